The minimum Gasteiger partial charge on any atom is -0.395 e. The van der Waals surface area contributed by atoms with Crippen molar-refractivity contribution in [1.82, 2.24) is 4.90 Å². The van der Waals surface area contributed by atoms with Crippen LogP contribution in [0.2, 0.25) is 0 Å². The van der Waals surface area contributed by atoms with E-state index in [9.17, 15) is 0 Å². The quantitative estimate of drug-likeness (QED) is 0.601. The van der Waals surface area contributed by atoms with Crippen molar-refractivity contribution < 1.29 is 14.6 Å². The molecule has 1 saturated heterocycles. The Bertz CT molecular complexity index is 155. The van der Waals surface area contributed by atoms with Gasteiger partial charge < -0.3 is 14.6 Å². The fourth-order valence-corrected chi connectivity index (χ4v) is 1.99. The van der Waals surface area contributed by atoms with Gasteiger partial charge in [-0.1, -0.05) is 0 Å². The lowest BCUT2D eigenvalue weighted by atomic mass is 10.2. The maximum Gasteiger partial charge on any atom is 0.0593 e. The lowest BCUT2D eigenvalue weighted by molar-refractivity contribution is 0.0720. The Morgan fingerprint density at radius 3 is 2.93 bits per heavy atom. The van der Waals surface area contributed by atoms with Crippen LogP contribution in [0.4, 0.5) is 0 Å². The third kappa shape index (κ3) is 4.93. The van der Waals surface area contributed by atoms with Crippen LogP contribution in [0.25, 0.3) is 0 Å². The van der Waals surface area contributed by atoms with E-state index >= 15 is 0 Å². The Morgan fingerprint density at radius 1 is 1.33 bits per heavy atom. The molecule has 0 amide bonds. The Hall–Kier alpha value is -0.160. The van der Waals surface area contributed by atoms with E-state index in [4.69, 9.17) is 14.6 Å². The van der Waals surface area contributed by atoms with E-state index in [-0.39, 0.29) is 6.61 Å². The number of ether oxygens (including phenoxy) is 2. The summed E-state index contributed by atoms with van der Waals surface area (Å²) in [5, 5.41) is 9.11. The summed E-state index contributed by atoms with van der Waals surface area (Å²) in [6.45, 7) is 4.63. The molecule has 4 heteroatoms. The monoisotopic (exact) mass is 217 g/mol. The van der Waals surface area contributed by atoms with Crippen molar-refractivity contribution in [3.8, 4) is 0 Å². The first kappa shape index (κ1) is 12.9. The molecule has 4 nitrogen and oxygen atoms in total. The molecule has 1 heterocycles. The number of likely N-dealkylation sites (tertiary alicyclic amines) is 1. The average molecular weight is 217 g/mol. The van der Waals surface area contributed by atoms with Gasteiger partial charge in [0.1, 0.15) is 0 Å². The number of hydrogen-bond donors (Lipinski definition) is 1. The van der Waals surface area contributed by atoms with Gasteiger partial charge in [0.25, 0.3) is 0 Å². The number of methoxy groups -OCH3 is 1. The molecule has 1 aliphatic rings. The molecule has 1 unspecified atom stereocenters. The molecule has 90 valence electrons. The lowest BCUT2D eigenvalue weighted by Crippen LogP contribution is -2.34. The van der Waals surface area contributed by atoms with Crippen molar-refractivity contribution in [2.24, 2.45) is 0 Å². The van der Waals surface area contributed by atoms with Gasteiger partial charge in [-0.2, -0.15) is 0 Å². The zero-order valence-electron chi connectivity index (χ0n) is 9.65. The van der Waals surface area contributed by atoms with Crippen LogP contribution >= 0.6 is 0 Å². The van der Waals surface area contributed by atoms with E-state index in [1.807, 2.05) is 0 Å². The first-order chi connectivity index (χ1) is 7.38. The van der Waals surface area contributed by atoms with Gasteiger partial charge in [-0.3, -0.25) is 4.90 Å². The van der Waals surface area contributed by atoms with E-state index in [0.29, 0.717) is 6.04 Å². The molecule has 1 atom stereocenters. The van der Waals surface area contributed by atoms with Crippen molar-refractivity contribution in [2.45, 2.75) is 25.3 Å². The highest BCUT2D eigenvalue weighted by molar-refractivity contribution is 4.77. The van der Waals surface area contributed by atoms with Crippen molar-refractivity contribution >= 4 is 0 Å². The van der Waals surface area contributed by atoms with Crippen LogP contribution in [-0.2, 0) is 9.47 Å². The third-order valence-electron chi connectivity index (χ3n) is 2.87. The minimum absolute atomic E-state index is 0.281. The van der Waals surface area contributed by atoms with Gasteiger partial charge in [0.15, 0.2) is 0 Å². The molecule has 0 radical (unpaired) electrons. The Morgan fingerprint density at radius 2 is 2.20 bits per heavy atom. The van der Waals surface area contributed by atoms with Gasteiger partial charge in [0.2, 0.25) is 0 Å². The molecule has 1 fully saturated rings. The van der Waals surface area contributed by atoms with Crippen LogP contribution in [0.1, 0.15) is 19.3 Å². The maximum atomic E-state index is 9.11. The van der Waals surface area contributed by atoms with Crippen molar-refractivity contribution in [2.75, 3.05) is 46.6 Å². The molecule has 0 aromatic rings. The van der Waals surface area contributed by atoms with Gasteiger partial charge in [0, 0.05) is 32.9 Å². The van der Waals surface area contributed by atoms with Crippen LogP contribution in [-0.4, -0.2) is 62.7 Å². The fourth-order valence-electron chi connectivity index (χ4n) is 1.99. The van der Waals surface area contributed by atoms with E-state index in [0.717, 1.165) is 45.8 Å². The van der Waals surface area contributed by atoms with E-state index < -0.39 is 0 Å². The molecule has 0 spiro atoms. The number of nitrogens with zero attached hydrogens (tertiary/aromatic N) is 1. The summed E-state index contributed by atoms with van der Waals surface area (Å²) in [6.07, 6.45) is 3.29. The van der Waals surface area contributed by atoms with Crippen LogP contribution in [0.5, 0.6) is 0 Å². The molecule has 15 heavy (non-hydrogen) atoms. The second kappa shape index (κ2) is 8.05. The molecule has 0 saturated carbocycles. The molecular formula is C11H23NO3. The normalized spacial score (nSPS) is 22.4. The molecule has 0 aromatic carbocycles. The predicted molar refractivity (Wildman–Crippen MR) is 59.0 cm³/mol. The van der Waals surface area contributed by atoms with E-state index in [1.54, 1.807) is 7.11 Å². The summed E-state index contributed by atoms with van der Waals surface area (Å²) >= 11 is 0. The first-order valence-electron chi connectivity index (χ1n) is 5.80. The highest BCUT2D eigenvalue weighted by Gasteiger charge is 2.22. The number of aliphatic hydroxyl groups excluding tert-OH is 1. The summed E-state index contributed by atoms with van der Waals surface area (Å²) < 4.78 is 10.4. The summed E-state index contributed by atoms with van der Waals surface area (Å²) in [4.78, 5) is 2.32. The summed E-state index contributed by atoms with van der Waals surface area (Å²) in [5.74, 6) is 0. The standard InChI is InChI=1S/C11H23NO3/c1-14-7-3-8-15-9-6-12-5-2-4-11(12)10-13/h11,13H,2-10H2,1H3. The number of hydrogen-bond acceptors (Lipinski definition) is 4. The topological polar surface area (TPSA) is 41.9 Å². The first-order valence-corrected chi connectivity index (χ1v) is 5.80. The summed E-state index contributed by atoms with van der Waals surface area (Å²) in [6, 6.07) is 0.368. The Labute approximate surface area is 92.2 Å². The molecular weight excluding hydrogens is 194 g/mol. The third-order valence-corrected chi connectivity index (χ3v) is 2.87. The maximum absolute atomic E-state index is 9.11. The molecule has 1 rings (SSSR count). The van der Waals surface area contributed by atoms with Crippen LogP contribution in [0.3, 0.4) is 0 Å². The van der Waals surface area contributed by atoms with Crippen molar-refractivity contribution in [3.05, 3.63) is 0 Å². The predicted octanol–water partition coefficient (Wildman–Crippen LogP) is 0.496. The fraction of sp³-hybridized carbons (Fsp3) is 1.00. The number of rotatable bonds is 8. The summed E-state index contributed by atoms with van der Waals surface area (Å²) in [5.41, 5.74) is 0. The SMILES string of the molecule is COCCCOCCN1CCCC1CO. The Kier molecular flexibility index (Phi) is 6.92. The van der Waals surface area contributed by atoms with E-state index in [2.05, 4.69) is 4.90 Å². The largest absolute Gasteiger partial charge is 0.395 e. The van der Waals surface area contributed by atoms with Crippen molar-refractivity contribution in [3.63, 3.8) is 0 Å². The minimum atomic E-state index is 0.281. The Balaban J connectivity index is 1.95. The summed E-state index contributed by atoms with van der Waals surface area (Å²) in [7, 11) is 1.70. The van der Waals surface area contributed by atoms with Gasteiger partial charge in [0.05, 0.1) is 13.2 Å². The molecule has 0 aliphatic carbocycles. The zero-order valence-corrected chi connectivity index (χ0v) is 9.65. The zero-order chi connectivity index (χ0) is 10.9. The van der Waals surface area contributed by atoms with Gasteiger partial charge in [-0.25, -0.2) is 0 Å². The molecule has 1 aliphatic heterocycles. The van der Waals surface area contributed by atoms with Crippen LogP contribution in [0, 0.1) is 0 Å². The molecule has 0 aromatic heterocycles. The highest BCUT2D eigenvalue weighted by Crippen LogP contribution is 2.15. The second-order valence-corrected chi connectivity index (χ2v) is 3.97. The lowest BCUT2D eigenvalue weighted by Gasteiger charge is -2.22. The highest BCUT2D eigenvalue weighted by atomic mass is 16.5. The van der Waals surface area contributed by atoms with Gasteiger partial charge in [-0.05, 0) is 25.8 Å². The van der Waals surface area contributed by atoms with E-state index in [1.165, 1.54) is 6.42 Å². The molecule has 1 N–H and O–H groups in total. The van der Waals surface area contributed by atoms with Crippen LogP contribution in [0.15, 0.2) is 0 Å². The van der Waals surface area contributed by atoms with Crippen LogP contribution < -0.4 is 0 Å². The van der Waals surface area contributed by atoms with Gasteiger partial charge in [-0.15, -0.1) is 0 Å². The smallest absolute Gasteiger partial charge is 0.0593 e. The average Bonchev–Trinajstić information content (AvgIpc) is 2.70. The number of aliphatic hydroxyl groups is 1. The molecule has 0 bridgehead atoms. The van der Waals surface area contributed by atoms with Crippen molar-refractivity contribution in [1.29, 1.82) is 0 Å². The van der Waals surface area contributed by atoms with Gasteiger partial charge >= 0.3 is 0 Å². The second-order valence-electron chi connectivity index (χ2n) is 3.97.